The van der Waals surface area contributed by atoms with Gasteiger partial charge in [0.05, 0.1) is 5.69 Å². The lowest BCUT2D eigenvalue weighted by atomic mass is 9.50. The molecule has 1 heterocycles. The van der Waals surface area contributed by atoms with Gasteiger partial charge in [-0.2, -0.15) is 10.4 Å². The number of alkyl halides is 2. The second kappa shape index (κ2) is 5.75. The standard InChI is InChI=1S/C16H23F2N5/c1-23(4-2-3-13-12(7-19)14(20)22-21-13)8-11-5-15(6-11)9-16(17,18)10-15/h11H,2-6,8-10H2,1H3,(H3,20,21,22). The van der Waals surface area contributed by atoms with E-state index in [0.717, 1.165) is 44.5 Å². The maximum absolute atomic E-state index is 13.0. The normalized spacial score (nSPS) is 21.9. The Kier molecular flexibility index (Phi) is 4.05. The van der Waals surface area contributed by atoms with Crippen LogP contribution in [0.3, 0.4) is 0 Å². The molecule has 1 aromatic heterocycles. The highest BCUT2D eigenvalue weighted by molar-refractivity contribution is 5.50. The molecule has 3 rings (SSSR count). The summed E-state index contributed by atoms with van der Waals surface area (Å²) in [5, 5.41) is 15.7. The number of rotatable bonds is 6. The number of nitrogens with one attached hydrogen (secondary N) is 1. The Labute approximate surface area is 134 Å². The van der Waals surface area contributed by atoms with Crippen LogP contribution in [0.2, 0.25) is 0 Å². The van der Waals surface area contributed by atoms with E-state index in [2.05, 4.69) is 28.2 Å². The number of nitrogens with zero attached hydrogens (tertiary/aromatic N) is 3. The minimum Gasteiger partial charge on any atom is -0.381 e. The van der Waals surface area contributed by atoms with Crippen molar-refractivity contribution in [2.24, 2.45) is 11.3 Å². The molecule has 2 saturated carbocycles. The van der Waals surface area contributed by atoms with Crippen LogP contribution in [0.1, 0.15) is 43.4 Å². The molecule has 0 atom stereocenters. The zero-order valence-electron chi connectivity index (χ0n) is 13.4. The van der Waals surface area contributed by atoms with E-state index in [1.54, 1.807) is 0 Å². The number of nitrogens with two attached hydrogens (primary N) is 1. The van der Waals surface area contributed by atoms with Crippen molar-refractivity contribution in [3.63, 3.8) is 0 Å². The number of halogens is 2. The third kappa shape index (κ3) is 3.32. The van der Waals surface area contributed by atoms with Crippen molar-refractivity contribution in [2.75, 3.05) is 25.9 Å². The van der Waals surface area contributed by atoms with Crippen LogP contribution in [0.4, 0.5) is 14.6 Å². The second-order valence-corrected chi connectivity index (χ2v) is 7.42. The summed E-state index contributed by atoms with van der Waals surface area (Å²) in [4.78, 5) is 2.25. The number of hydrogen-bond donors (Lipinski definition) is 2. The molecule has 0 amide bonds. The molecule has 5 nitrogen and oxygen atoms in total. The van der Waals surface area contributed by atoms with Crippen molar-refractivity contribution >= 4 is 5.82 Å². The summed E-state index contributed by atoms with van der Waals surface area (Å²) in [6, 6.07) is 2.07. The van der Waals surface area contributed by atoms with Gasteiger partial charge in [-0.1, -0.05) is 0 Å². The molecular weight excluding hydrogens is 300 g/mol. The Morgan fingerprint density at radius 2 is 2.13 bits per heavy atom. The molecule has 0 unspecified atom stereocenters. The van der Waals surface area contributed by atoms with E-state index < -0.39 is 5.92 Å². The molecule has 7 heteroatoms. The van der Waals surface area contributed by atoms with Crippen molar-refractivity contribution in [1.29, 1.82) is 5.26 Å². The topological polar surface area (TPSA) is 81.7 Å². The Bertz CT molecular complexity index is 602. The smallest absolute Gasteiger partial charge is 0.249 e. The first-order chi connectivity index (χ1) is 10.8. The van der Waals surface area contributed by atoms with Gasteiger partial charge in [-0.25, -0.2) is 8.78 Å². The zero-order chi connectivity index (χ0) is 16.7. The van der Waals surface area contributed by atoms with Gasteiger partial charge in [0.25, 0.3) is 0 Å². The highest BCUT2D eigenvalue weighted by atomic mass is 19.3. The lowest BCUT2D eigenvalue weighted by Gasteiger charge is -2.58. The lowest BCUT2D eigenvalue weighted by molar-refractivity contribution is -0.208. The fourth-order valence-corrected chi connectivity index (χ4v) is 4.39. The van der Waals surface area contributed by atoms with Gasteiger partial charge in [-0.3, -0.25) is 5.10 Å². The summed E-state index contributed by atoms with van der Waals surface area (Å²) in [6.07, 6.45) is 3.73. The fraction of sp³-hybridized carbons (Fsp3) is 0.750. The van der Waals surface area contributed by atoms with Crippen LogP contribution in [0.25, 0.3) is 0 Å². The van der Waals surface area contributed by atoms with E-state index in [1.165, 1.54) is 0 Å². The van der Waals surface area contributed by atoms with Crippen molar-refractivity contribution in [1.82, 2.24) is 15.1 Å². The molecule has 0 radical (unpaired) electrons. The Morgan fingerprint density at radius 3 is 2.74 bits per heavy atom. The van der Waals surface area contributed by atoms with E-state index >= 15 is 0 Å². The van der Waals surface area contributed by atoms with Gasteiger partial charge >= 0.3 is 0 Å². The zero-order valence-corrected chi connectivity index (χ0v) is 13.4. The van der Waals surface area contributed by atoms with Crippen LogP contribution in [0.5, 0.6) is 0 Å². The molecule has 1 spiro atoms. The molecule has 2 fully saturated rings. The number of anilines is 1. The number of hydrogen-bond acceptors (Lipinski definition) is 4. The Balaban J connectivity index is 1.35. The van der Waals surface area contributed by atoms with E-state index in [4.69, 9.17) is 11.0 Å². The second-order valence-electron chi connectivity index (χ2n) is 7.42. The summed E-state index contributed by atoms with van der Waals surface area (Å²) in [5.74, 6) is -1.59. The first-order valence-electron chi connectivity index (χ1n) is 8.12. The average Bonchev–Trinajstić information content (AvgIpc) is 2.75. The van der Waals surface area contributed by atoms with E-state index in [9.17, 15) is 8.78 Å². The number of nitriles is 1. The van der Waals surface area contributed by atoms with E-state index in [1.807, 2.05) is 0 Å². The number of aryl methyl sites for hydroxylation is 1. The van der Waals surface area contributed by atoms with Crippen molar-refractivity contribution in [3.05, 3.63) is 11.3 Å². The summed E-state index contributed by atoms with van der Waals surface area (Å²) in [6.45, 7) is 1.87. The maximum Gasteiger partial charge on any atom is 0.249 e. The SMILES string of the molecule is CN(CCCc1[nH]nc(N)c1C#N)CC1CC2(C1)CC(F)(F)C2. The number of H-pyrrole nitrogens is 1. The van der Waals surface area contributed by atoms with Gasteiger partial charge in [-0.15, -0.1) is 0 Å². The van der Waals surface area contributed by atoms with E-state index in [-0.39, 0.29) is 24.1 Å². The van der Waals surface area contributed by atoms with Crippen molar-refractivity contribution in [2.45, 2.75) is 44.4 Å². The summed E-state index contributed by atoms with van der Waals surface area (Å²) >= 11 is 0. The van der Waals surface area contributed by atoms with Gasteiger partial charge in [-0.05, 0) is 50.6 Å². The molecule has 0 aliphatic heterocycles. The van der Waals surface area contributed by atoms with Gasteiger partial charge in [0, 0.05) is 19.4 Å². The summed E-state index contributed by atoms with van der Waals surface area (Å²) in [5.41, 5.74) is 6.81. The molecular formula is C16H23F2N5. The molecule has 1 aromatic rings. The first-order valence-corrected chi connectivity index (χ1v) is 8.12. The third-order valence-electron chi connectivity index (χ3n) is 5.23. The first kappa shape index (κ1) is 16.2. The molecule has 0 aromatic carbocycles. The quantitative estimate of drug-likeness (QED) is 0.843. The Hall–Kier alpha value is -1.68. The van der Waals surface area contributed by atoms with Crippen LogP contribution in [0, 0.1) is 22.7 Å². The van der Waals surface area contributed by atoms with Crippen LogP contribution < -0.4 is 5.73 Å². The summed E-state index contributed by atoms with van der Waals surface area (Å²) in [7, 11) is 2.06. The van der Waals surface area contributed by atoms with E-state index in [0.29, 0.717) is 11.5 Å². The lowest BCUT2D eigenvalue weighted by Crippen LogP contribution is -2.55. The number of aromatic amines is 1. The van der Waals surface area contributed by atoms with Gasteiger partial charge in [0.15, 0.2) is 5.82 Å². The molecule has 2 aliphatic rings. The van der Waals surface area contributed by atoms with Crippen LogP contribution in [-0.4, -0.2) is 41.2 Å². The van der Waals surface area contributed by atoms with Gasteiger partial charge in [0.1, 0.15) is 11.6 Å². The van der Waals surface area contributed by atoms with Crippen molar-refractivity contribution < 1.29 is 8.78 Å². The molecule has 3 N–H and O–H groups in total. The predicted molar refractivity (Wildman–Crippen MR) is 82.9 cm³/mol. The summed E-state index contributed by atoms with van der Waals surface area (Å²) < 4.78 is 26.0. The average molecular weight is 323 g/mol. The van der Waals surface area contributed by atoms with Crippen LogP contribution >= 0.6 is 0 Å². The highest BCUT2D eigenvalue weighted by Crippen LogP contribution is 2.64. The molecule has 0 bridgehead atoms. The fourth-order valence-electron chi connectivity index (χ4n) is 4.39. The molecule has 2 aliphatic carbocycles. The highest BCUT2D eigenvalue weighted by Gasteiger charge is 2.61. The third-order valence-corrected chi connectivity index (χ3v) is 5.23. The van der Waals surface area contributed by atoms with Gasteiger partial charge in [0.2, 0.25) is 5.92 Å². The molecule has 23 heavy (non-hydrogen) atoms. The van der Waals surface area contributed by atoms with Gasteiger partial charge < -0.3 is 10.6 Å². The monoisotopic (exact) mass is 323 g/mol. The number of aromatic nitrogens is 2. The van der Waals surface area contributed by atoms with Crippen LogP contribution in [0.15, 0.2) is 0 Å². The number of nitrogen functional groups attached to an aromatic ring is 1. The molecule has 126 valence electrons. The van der Waals surface area contributed by atoms with Crippen LogP contribution in [-0.2, 0) is 6.42 Å². The van der Waals surface area contributed by atoms with Crippen molar-refractivity contribution in [3.8, 4) is 6.07 Å². The minimum absolute atomic E-state index is 0.0376. The molecule has 0 saturated heterocycles. The maximum atomic E-state index is 13.0. The minimum atomic E-state index is -2.40. The Morgan fingerprint density at radius 1 is 1.43 bits per heavy atom. The predicted octanol–water partition coefficient (Wildman–Crippen LogP) is 2.55. The largest absolute Gasteiger partial charge is 0.381 e.